The molecule has 0 amide bonds. The molecule has 1 aromatic carbocycles. The quantitative estimate of drug-likeness (QED) is 0.846. The lowest BCUT2D eigenvalue weighted by atomic mass is 10.2. The van der Waals surface area contributed by atoms with Crippen LogP contribution >= 0.6 is 11.8 Å². The van der Waals surface area contributed by atoms with Crippen molar-refractivity contribution in [2.75, 3.05) is 12.5 Å². The number of hydrogen-bond acceptors (Lipinski definition) is 6. The fourth-order valence-electron chi connectivity index (χ4n) is 1.66. The van der Waals surface area contributed by atoms with Crippen LogP contribution in [0.5, 0.6) is 11.5 Å². The van der Waals surface area contributed by atoms with Gasteiger partial charge in [-0.1, -0.05) is 12.1 Å². The predicted molar refractivity (Wildman–Crippen MR) is 67.7 cm³/mol. The standard InChI is InChI=1S/C12H12N2O3S/c1-2-18-6-11-13-12(14-17-11)8-3-4-9-10(5-8)16-7-15-9/h3-5H,2,6-7H2,1H3. The zero-order valence-electron chi connectivity index (χ0n) is 9.88. The average Bonchev–Trinajstić information content (AvgIpc) is 3.04. The molecule has 0 saturated heterocycles. The van der Waals surface area contributed by atoms with Gasteiger partial charge in [0.25, 0.3) is 0 Å². The van der Waals surface area contributed by atoms with E-state index in [1.165, 1.54) is 0 Å². The van der Waals surface area contributed by atoms with Gasteiger partial charge in [-0.25, -0.2) is 0 Å². The first-order chi connectivity index (χ1) is 8.86. The Balaban J connectivity index is 1.83. The molecule has 18 heavy (non-hydrogen) atoms. The van der Waals surface area contributed by atoms with E-state index >= 15 is 0 Å². The van der Waals surface area contributed by atoms with Gasteiger partial charge in [-0.05, 0) is 24.0 Å². The fraction of sp³-hybridized carbons (Fsp3) is 0.333. The van der Waals surface area contributed by atoms with E-state index < -0.39 is 0 Å². The molecule has 0 unspecified atom stereocenters. The zero-order chi connectivity index (χ0) is 12.4. The van der Waals surface area contributed by atoms with Crippen molar-refractivity contribution in [3.63, 3.8) is 0 Å². The largest absolute Gasteiger partial charge is 0.454 e. The highest BCUT2D eigenvalue weighted by Crippen LogP contribution is 2.35. The minimum absolute atomic E-state index is 0.267. The van der Waals surface area contributed by atoms with E-state index in [4.69, 9.17) is 14.0 Å². The van der Waals surface area contributed by atoms with Crippen LogP contribution in [0.2, 0.25) is 0 Å². The first-order valence-electron chi connectivity index (χ1n) is 5.67. The van der Waals surface area contributed by atoms with Crippen molar-refractivity contribution in [3.8, 4) is 22.9 Å². The number of fused-ring (bicyclic) bond motifs is 1. The van der Waals surface area contributed by atoms with Gasteiger partial charge in [0, 0.05) is 5.56 Å². The van der Waals surface area contributed by atoms with Crippen molar-refractivity contribution in [1.82, 2.24) is 10.1 Å². The zero-order valence-corrected chi connectivity index (χ0v) is 10.7. The van der Waals surface area contributed by atoms with Crippen molar-refractivity contribution in [1.29, 1.82) is 0 Å². The van der Waals surface area contributed by atoms with Crippen LogP contribution in [0.4, 0.5) is 0 Å². The Morgan fingerprint density at radius 3 is 3.06 bits per heavy atom. The van der Waals surface area contributed by atoms with E-state index in [1.54, 1.807) is 11.8 Å². The Kier molecular flexibility index (Phi) is 3.10. The summed E-state index contributed by atoms with van der Waals surface area (Å²) in [6.45, 7) is 2.36. The van der Waals surface area contributed by atoms with E-state index in [0.717, 1.165) is 28.6 Å². The van der Waals surface area contributed by atoms with Gasteiger partial charge < -0.3 is 14.0 Å². The molecule has 6 heteroatoms. The summed E-state index contributed by atoms with van der Waals surface area (Å²) in [5.41, 5.74) is 0.871. The highest BCUT2D eigenvalue weighted by atomic mass is 32.2. The molecule has 2 aromatic rings. The molecule has 1 aromatic heterocycles. The average molecular weight is 264 g/mol. The number of hydrogen-bond donors (Lipinski definition) is 0. The molecule has 0 bridgehead atoms. The molecule has 0 N–H and O–H groups in total. The summed E-state index contributed by atoms with van der Waals surface area (Å²) in [5.74, 6) is 4.48. The molecule has 0 aliphatic carbocycles. The van der Waals surface area contributed by atoms with Gasteiger partial charge in [0.05, 0.1) is 5.75 Å². The van der Waals surface area contributed by atoms with Gasteiger partial charge in [-0.2, -0.15) is 16.7 Å². The van der Waals surface area contributed by atoms with Crippen LogP contribution in [0.3, 0.4) is 0 Å². The third kappa shape index (κ3) is 2.15. The third-order valence-corrected chi connectivity index (χ3v) is 3.39. The Morgan fingerprint density at radius 1 is 1.28 bits per heavy atom. The number of thioether (sulfide) groups is 1. The molecule has 1 aliphatic rings. The maximum absolute atomic E-state index is 5.32. The molecule has 5 nitrogen and oxygen atoms in total. The molecular formula is C12H12N2O3S. The number of nitrogens with zero attached hydrogens (tertiary/aromatic N) is 2. The van der Waals surface area contributed by atoms with Gasteiger partial charge in [0.15, 0.2) is 11.5 Å². The van der Waals surface area contributed by atoms with E-state index in [1.807, 2.05) is 18.2 Å². The third-order valence-electron chi connectivity index (χ3n) is 2.53. The lowest BCUT2D eigenvalue weighted by Crippen LogP contribution is -1.92. The summed E-state index contributed by atoms with van der Waals surface area (Å²) >= 11 is 1.75. The van der Waals surface area contributed by atoms with Gasteiger partial charge in [-0.3, -0.25) is 0 Å². The molecule has 0 fully saturated rings. The van der Waals surface area contributed by atoms with Crippen molar-refractivity contribution in [3.05, 3.63) is 24.1 Å². The highest BCUT2D eigenvalue weighted by Gasteiger charge is 2.16. The van der Waals surface area contributed by atoms with Crippen LogP contribution in [0.15, 0.2) is 22.7 Å². The first-order valence-corrected chi connectivity index (χ1v) is 6.82. The Labute approximate surface area is 108 Å². The lowest BCUT2D eigenvalue weighted by Gasteiger charge is -1.97. The normalized spacial score (nSPS) is 12.9. The van der Waals surface area contributed by atoms with Crippen molar-refractivity contribution < 1.29 is 14.0 Å². The minimum Gasteiger partial charge on any atom is -0.454 e. The maximum Gasteiger partial charge on any atom is 0.236 e. The second-order valence-corrected chi connectivity index (χ2v) is 4.99. The summed E-state index contributed by atoms with van der Waals surface area (Å²) < 4.78 is 15.8. The van der Waals surface area contributed by atoms with E-state index in [-0.39, 0.29) is 6.79 Å². The molecule has 0 atom stereocenters. The first kappa shape index (κ1) is 11.4. The Hall–Kier alpha value is -1.69. The molecule has 3 rings (SSSR count). The Morgan fingerprint density at radius 2 is 2.17 bits per heavy atom. The van der Waals surface area contributed by atoms with Crippen LogP contribution in [-0.4, -0.2) is 22.7 Å². The number of aromatic nitrogens is 2. The summed E-state index contributed by atoms with van der Waals surface area (Å²) in [6, 6.07) is 5.62. The monoisotopic (exact) mass is 264 g/mol. The summed E-state index contributed by atoms with van der Waals surface area (Å²) in [6.07, 6.45) is 0. The molecule has 0 saturated carbocycles. The molecular weight excluding hydrogens is 252 g/mol. The molecule has 94 valence electrons. The van der Waals surface area contributed by atoms with Crippen LogP contribution in [0.25, 0.3) is 11.4 Å². The van der Waals surface area contributed by atoms with E-state index in [2.05, 4.69) is 17.1 Å². The summed E-state index contributed by atoms with van der Waals surface area (Å²) in [4.78, 5) is 4.35. The van der Waals surface area contributed by atoms with Crippen LogP contribution in [0, 0.1) is 0 Å². The summed E-state index contributed by atoms with van der Waals surface area (Å²) in [7, 11) is 0. The second-order valence-electron chi connectivity index (χ2n) is 3.72. The van der Waals surface area contributed by atoms with Gasteiger partial charge in [-0.15, -0.1) is 0 Å². The van der Waals surface area contributed by atoms with Crippen LogP contribution in [-0.2, 0) is 5.75 Å². The topological polar surface area (TPSA) is 57.4 Å². The van der Waals surface area contributed by atoms with E-state index in [9.17, 15) is 0 Å². The molecule has 2 heterocycles. The van der Waals surface area contributed by atoms with Gasteiger partial charge >= 0.3 is 0 Å². The van der Waals surface area contributed by atoms with Gasteiger partial charge in [0.1, 0.15) is 0 Å². The van der Waals surface area contributed by atoms with Crippen LogP contribution < -0.4 is 9.47 Å². The SMILES string of the molecule is CCSCc1nc(-c2ccc3c(c2)OCO3)no1. The maximum atomic E-state index is 5.32. The predicted octanol–water partition coefficient (Wildman–Crippen LogP) is 2.72. The Bertz CT molecular complexity index is 556. The van der Waals surface area contributed by atoms with Crippen LogP contribution in [0.1, 0.15) is 12.8 Å². The molecule has 1 aliphatic heterocycles. The van der Waals surface area contributed by atoms with Gasteiger partial charge in [0.2, 0.25) is 18.5 Å². The fourth-order valence-corrected chi connectivity index (χ4v) is 2.15. The van der Waals surface area contributed by atoms with Crippen molar-refractivity contribution in [2.45, 2.75) is 12.7 Å². The molecule has 0 spiro atoms. The minimum atomic E-state index is 0.267. The van der Waals surface area contributed by atoms with E-state index in [0.29, 0.717) is 11.7 Å². The highest BCUT2D eigenvalue weighted by molar-refractivity contribution is 7.98. The second kappa shape index (κ2) is 4.89. The van der Waals surface area contributed by atoms with Crippen molar-refractivity contribution in [2.24, 2.45) is 0 Å². The van der Waals surface area contributed by atoms with Crippen molar-refractivity contribution >= 4 is 11.8 Å². The lowest BCUT2D eigenvalue weighted by molar-refractivity contribution is 0.174. The number of ether oxygens (including phenoxy) is 2. The number of rotatable bonds is 4. The number of benzene rings is 1. The summed E-state index contributed by atoms with van der Waals surface area (Å²) in [5, 5.41) is 3.97. The smallest absolute Gasteiger partial charge is 0.236 e. The molecule has 0 radical (unpaired) electrons.